The van der Waals surface area contributed by atoms with Crippen LogP contribution in [0.1, 0.15) is 79.1 Å². The molecule has 42 heavy (non-hydrogen) atoms. The topological polar surface area (TPSA) is 123 Å². The number of fused-ring (bicyclic) bond motifs is 5. The molecule has 0 aromatic heterocycles. The van der Waals surface area contributed by atoms with Gasteiger partial charge in [-0.3, -0.25) is 4.79 Å². The van der Waals surface area contributed by atoms with Gasteiger partial charge in [-0.15, -0.1) is 0 Å². The number of nitrogens with zero attached hydrogens (tertiary/aromatic N) is 1. The van der Waals surface area contributed by atoms with Crippen molar-refractivity contribution in [2.75, 3.05) is 6.61 Å². The summed E-state index contributed by atoms with van der Waals surface area (Å²) in [5.41, 5.74) is -7.32. The summed E-state index contributed by atoms with van der Waals surface area (Å²) >= 11 is 0. The monoisotopic (exact) mass is 589 g/mol. The molecule has 0 aromatic carbocycles. The molecule has 0 heterocycles. The molecule has 0 spiro atoms. The Kier molecular flexibility index (Phi) is 7.83. The minimum absolute atomic E-state index is 0.000219. The summed E-state index contributed by atoms with van der Waals surface area (Å²) in [6.45, 7) is 6.37. The lowest BCUT2D eigenvalue weighted by Crippen LogP contribution is -2.71. The van der Waals surface area contributed by atoms with Crippen molar-refractivity contribution in [3.8, 4) is 6.07 Å². The first-order valence-electron chi connectivity index (χ1n) is 15.2. The fourth-order valence-corrected chi connectivity index (χ4v) is 9.37. The second kappa shape index (κ2) is 10.7. The van der Waals surface area contributed by atoms with Gasteiger partial charge in [0, 0.05) is 22.7 Å². The average Bonchev–Trinajstić information content (AvgIpc) is 3.17. The summed E-state index contributed by atoms with van der Waals surface area (Å²) in [4.78, 5) is 39.3. The zero-order valence-corrected chi connectivity index (χ0v) is 24.7. The Bertz CT molecular complexity index is 1240. The zero-order chi connectivity index (χ0) is 30.7. The number of nitriles is 1. The summed E-state index contributed by atoms with van der Waals surface area (Å²) in [6.07, 6.45) is 2.68. The third kappa shape index (κ3) is 4.24. The molecule has 0 bridgehead atoms. The van der Waals surface area contributed by atoms with Gasteiger partial charge in [0.1, 0.15) is 18.3 Å². The van der Waals surface area contributed by atoms with E-state index in [4.69, 9.17) is 19.5 Å². The van der Waals surface area contributed by atoms with Gasteiger partial charge in [0.25, 0.3) is 0 Å². The fraction of sp³-hybridized carbons (Fsp3) is 0.750. The minimum atomic E-state index is -2.35. The highest BCUT2D eigenvalue weighted by atomic mass is 19.1. The van der Waals surface area contributed by atoms with Crippen LogP contribution in [-0.4, -0.2) is 59.3 Å². The number of carbonyl (C=O) groups excluding carboxylic acids is 3. The Morgan fingerprint density at radius 3 is 2.50 bits per heavy atom. The largest absolute Gasteiger partial charge is 0.509 e. The summed E-state index contributed by atoms with van der Waals surface area (Å²) in [7, 11) is 0. The van der Waals surface area contributed by atoms with Crippen LogP contribution in [0.5, 0.6) is 0 Å². The van der Waals surface area contributed by atoms with Gasteiger partial charge in [0.15, 0.2) is 18.1 Å². The molecule has 9 atom stereocenters. The molecule has 10 heteroatoms. The Labute approximate surface area is 245 Å². The first kappa shape index (κ1) is 30.7. The third-order valence-corrected chi connectivity index (χ3v) is 11.6. The van der Waals surface area contributed by atoms with Crippen LogP contribution in [-0.2, 0) is 23.8 Å². The van der Waals surface area contributed by atoms with Crippen molar-refractivity contribution >= 4 is 17.9 Å². The van der Waals surface area contributed by atoms with Gasteiger partial charge in [0.05, 0.1) is 6.10 Å². The highest BCUT2D eigenvalue weighted by Crippen LogP contribution is 2.71. The van der Waals surface area contributed by atoms with Gasteiger partial charge < -0.3 is 19.3 Å². The van der Waals surface area contributed by atoms with Crippen LogP contribution in [0.25, 0.3) is 0 Å². The van der Waals surface area contributed by atoms with Gasteiger partial charge >= 0.3 is 12.1 Å². The highest BCUT2D eigenvalue weighted by molar-refractivity contribution is 6.01. The molecule has 0 radical (unpaired) electrons. The van der Waals surface area contributed by atoms with Crippen molar-refractivity contribution in [3.05, 3.63) is 23.8 Å². The van der Waals surface area contributed by atoms with Gasteiger partial charge in [-0.05, 0) is 81.4 Å². The fourth-order valence-electron chi connectivity index (χ4n) is 9.37. The molecule has 4 fully saturated rings. The lowest BCUT2D eigenvalue weighted by atomic mass is 9.44. The molecule has 0 aliphatic heterocycles. The van der Waals surface area contributed by atoms with Crippen molar-refractivity contribution in [2.45, 2.75) is 109 Å². The van der Waals surface area contributed by atoms with E-state index in [2.05, 4.69) is 6.92 Å². The number of halogens is 2. The number of ether oxygens (including phenoxy) is 3. The standard InChI is InChI=1S/C32H41F2NO7/c1-5-19-6-8-21(9-7-19)41-28(39)42-32(27(38)40-13-12-35)18(2)14-22-23-16-25(33)24-15-20(36)10-11-29(24,3)31(23,34)26(37)17-30(22,32)4/h10-11,15,18-19,21-23,25-26,37H,5-9,13-14,16-17H2,1-4H3/t18-,19?,21?,22+,23+,25+,26+,29+,30+,31+,32+/m1/s1. The SMILES string of the molecule is CCC1CCC(OC(=O)O[C@]2(C(=O)OCC#N)[C@H](C)C[C@H]3[C@@H]4C[C@H](F)C5=CC(=O)C=C[C@]5(C)[C@@]4(F)[C@@H](O)C[C@@]32C)CC1. The van der Waals surface area contributed by atoms with Gasteiger partial charge in [-0.1, -0.05) is 33.3 Å². The van der Waals surface area contributed by atoms with Crippen LogP contribution < -0.4 is 0 Å². The van der Waals surface area contributed by atoms with E-state index in [1.165, 1.54) is 19.1 Å². The number of carbonyl (C=O) groups is 3. The minimum Gasteiger partial charge on any atom is -0.447 e. The van der Waals surface area contributed by atoms with Crippen molar-refractivity contribution in [2.24, 2.45) is 34.5 Å². The van der Waals surface area contributed by atoms with E-state index in [0.717, 1.165) is 25.3 Å². The molecule has 4 saturated carbocycles. The van der Waals surface area contributed by atoms with Crippen molar-refractivity contribution < 1.29 is 42.5 Å². The van der Waals surface area contributed by atoms with E-state index >= 15 is 8.78 Å². The summed E-state index contributed by atoms with van der Waals surface area (Å²) in [5.74, 6) is -3.33. The number of hydrogen-bond acceptors (Lipinski definition) is 8. The predicted molar refractivity (Wildman–Crippen MR) is 146 cm³/mol. The maximum atomic E-state index is 17.5. The molecule has 230 valence electrons. The Morgan fingerprint density at radius 1 is 1.17 bits per heavy atom. The van der Waals surface area contributed by atoms with Crippen molar-refractivity contribution in [1.82, 2.24) is 0 Å². The third-order valence-electron chi connectivity index (χ3n) is 11.6. The summed E-state index contributed by atoms with van der Waals surface area (Å²) in [5, 5.41) is 20.8. The number of rotatable bonds is 5. The van der Waals surface area contributed by atoms with E-state index in [-0.39, 0.29) is 30.9 Å². The molecule has 5 aliphatic rings. The first-order chi connectivity index (χ1) is 19.8. The normalized spacial score (nSPS) is 45.9. The lowest BCUT2D eigenvalue weighted by molar-refractivity contribution is -0.234. The maximum absolute atomic E-state index is 17.5. The number of esters is 1. The lowest BCUT2D eigenvalue weighted by Gasteiger charge is -2.62. The van der Waals surface area contributed by atoms with E-state index in [1.807, 2.05) is 0 Å². The molecule has 8 nitrogen and oxygen atoms in total. The second-order valence-electron chi connectivity index (χ2n) is 13.5. The van der Waals surface area contributed by atoms with Gasteiger partial charge in [0.2, 0.25) is 5.60 Å². The van der Waals surface area contributed by atoms with E-state index in [1.54, 1.807) is 19.9 Å². The zero-order valence-electron chi connectivity index (χ0n) is 24.7. The number of allylic oxidation sites excluding steroid dienone is 4. The Morgan fingerprint density at radius 2 is 1.86 bits per heavy atom. The molecular formula is C32H41F2NO7. The van der Waals surface area contributed by atoms with Crippen molar-refractivity contribution in [3.63, 3.8) is 0 Å². The maximum Gasteiger partial charge on any atom is 0.509 e. The van der Waals surface area contributed by atoms with Crippen LogP contribution in [0.2, 0.25) is 0 Å². The number of alkyl halides is 2. The molecule has 0 amide bonds. The van der Waals surface area contributed by atoms with Crippen LogP contribution in [0.3, 0.4) is 0 Å². The number of hydrogen-bond donors (Lipinski definition) is 1. The average molecular weight is 590 g/mol. The van der Waals surface area contributed by atoms with Gasteiger partial charge in [-0.25, -0.2) is 18.4 Å². The Balaban J connectivity index is 1.51. The molecule has 0 aromatic rings. The highest BCUT2D eigenvalue weighted by Gasteiger charge is 2.79. The number of aliphatic hydroxyl groups is 1. The smallest absolute Gasteiger partial charge is 0.447 e. The van der Waals surface area contributed by atoms with E-state index < -0.39 is 76.6 Å². The Hall–Kier alpha value is -2.80. The van der Waals surface area contributed by atoms with E-state index in [9.17, 15) is 19.5 Å². The number of ketones is 1. The summed E-state index contributed by atoms with van der Waals surface area (Å²) < 4.78 is 50.3. The molecular weight excluding hydrogens is 548 g/mol. The quantitative estimate of drug-likeness (QED) is 0.419. The summed E-state index contributed by atoms with van der Waals surface area (Å²) in [6, 6.07) is 1.76. The molecule has 1 N–H and O–H groups in total. The molecule has 0 saturated heterocycles. The molecule has 0 unspecified atom stereocenters. The van der Waals surface area contributed by atoms with Crippen molar-refractivity contribution in [1.29, 1.82) is 5.26 Å². The predicted octanol–water partition coefficient (Wildman–Crippen LogP) is 5.48. The van der Waals surface area contributed by atoms with Crippen LogP contribution in [0.15, 0.2) is 23.8 Å². The first-order valence-corrected chi connectivity index (χ1v) is 15.2. The molecule has 5 rings (SSSR count). The van der Waals surface area contributed by atoms with Crippen LogP contribution >= 0.6 is 0 Å². The van der Waals surface area contributed by atoms with Gasteiger partial charge in [-0.2, -0.15) is 5.26 Å². The van der Waals surface area contributed by atoms with Crippen LogP contribution in [0, 0.1) is 45.8 Å². The number of aliphatic hydroxyl groups excluding tert-OH is 1. The second-order valence-corrected chi connectivity index (χ2v) is 13.5. The van der Waals surface area contributed by atoms with Crippen LogP contribution in [0.4, 0.5) is 13.6 Å². The molecule has 5 aliphatic carbocycles. The van der Waals surface area contributed by atoms with E-state index in [0.29, 0.717) is 18.8 Å².